The van der Waals surface area contributed by atoms with Crippen LogP contribution in [0.25, 0.3) is 0 Å². The molecular weight excluding hydrogens is 208 g/mol. The molecule has 1 aliphatic carbocycles. The summed E-state index contributed by atoms with van der Waals surface area (Å²) >= 11 is 0. The Morgan fingerprint density at radius 2 is 2.19 bits per heavy atom. The Morgan fingerprint density at radius 3 is 2.75 bits per heavy atom. The van der Waals surface area contributed by atoms with Gasteiger partial charge in [0.15, 0.2) is 0 Å². The number of nitrogens with zero attached hydrogens (tertiary/aromatic N) is 1. The molecule has 0 radical (unpaired) electrons. The second-order valence-electron chi connectivity index (χ2n) is 4.58. The minimum atomic E-state index is -0.150. The second-order valence-corrected chi connectivity index (χ2v) is 4.58. The fraction of sp³-hybridized carbons (Fsp3) is 0.818. The van der Waals surface area contributed by atoms with Gasteiger partial charge in [0.05, 0.1) is 12.1 Å². The zero-order chi connectivity index (χ0) is 11.6. The van der Waals surface area contributed by atoms with E-state index in [0.717, 1.165) is 19.3 Å². The van der Waals surface area contributed by atoms with Crippen LogP contribution in [0.4, 0.5) is 0 Å². The zero-order valence-electron chi connectivity index (χ0n) is 9.62. The smallest absolute Gasteiger partial charge is 0.242 e. The van der Waals surface area contributed by atoms with E-state index in [4.69, 9.17) is 4.74 Å². The Bertz CT molecular complexity index is 294. The van der Waals surface area contributed by atoms with Crippen molar-refractivity contribution < 1.29 is 14.3 Å². The maximum Gasteiger partial charge on any atom is 0.242 e. The summed E-state index contributed by atoms with van der Waals surface area (Å²) in [5, 5.41) is 2.59. The average molecular weight is 226 g/mol. The highest BCUT2D eigenvalue weighted by Gasteiger charge is 2.40. The third-order valence-electron chi connectivity index (χ3n) is 3.58. The summed E-state index contributed by atoms with van der Waals surface area (Å²) in [7, 11) is 1.70. The van der Waals surface area contributed by atoms with Gasteiger partial charge in [0, 0.05) is 26.6 Å². The third-order valence-corrected chi connectivity index (χ3v) is 3.58. The lowest BCUT2D eigenvalue weighted by Crippen LogP contribution is -2.51. The summed E-state index contributed by atoms with van der Waals surface area (Å²) in [6, 6.07) is 0. The number of nitrogens with one attached hydrogen (secondary N) is 1. The van der Waals surface area contributed by atoms with Gasteiger partial charge >= 0.3 is 0 Å². The molecule has 1 aliphatic heterocycles. The Balaban J connectivity index is 1.97. The number of hydrogen-bond acceptors (Lipinski definition) is 3. The fourth-order valence-corrected chi connectivity index (χ4v) is 2.25. The van der Waals surface area contributed by atoms with Crippen molar-refractivity contribution >= 4 is 11.8 Å². The first-order chi connectivity index (χ1) is 7.65. The van der Waals surface area contributed by atoms with Crippen molar-refractivity contribution in [1.29, 1.82) is 0 Å². The molecule has 0 aromatic heterocycles. The molecule has 0 atom stereocenters. The average Bonchev–Trinajstić information content (AvgIpc) is 2.37. The molecule has 0 unspecified atom stereocenters. The molecule has 16 heavy (non-hydrogen) atoms. The molecule has 1 saturated heterocycles. The first-order valence-electron chi connectivity index (χ1n) is 5.75. The summed E-state index contributed by atoms with van der Waals surface area (Å²) < 4.78 is 5.49. The fourth-order valence-electron chi connectivity index (χ4n) is 2.25. The van der Waals surface area contributed by atoms with Crippen molar-refractivity contribution in [3.63, 3.8) is 0 Å². The minimum absolute atomic E-state index is 0.00539. The topological polar surface area (TPSA) is 58.6 Å². The van der Waals surface area contributed by atoms with Gasteiger partial charge in [-0.2, -0.15) is 0 Å². The van der Waals surface area contributed by atoms with E-state index in [-0.39, 0.29) is 24.0 Å². The van der Waals surface area contributed by atoms with Crippen LogP contribution in [0.15, 0.2) is 0 Å². The van der Waals surface area contributed by atoms with Crippen molar-refractivity contribution in [3.05, 3.63) is 0 Å². The van der Waals surface area contributed by atoms with E-state index in [2.05, 4.69) is 5.32 Å². The molecule has 90 valence electrons. The van der Waals surface area contributed by atoms with Gasteiger partial charge in [0.2, 0.25) is 11.8 Å². The number of carbonyl (C=O) groups excluding carboxylic acids is 2. The minimum Gasteiger partial charge on any atom is -0.376 e. The van der Waals surface area contributed by atoms with Crippen LogP contribution in [0, 0.1) is 0 Å². The highest BCUT2D eigenvalue weighted by Crippen LogP contribution is 2.35. The van der Waals surface area contributed by atoms with Gasteiger partial charge < -0.3 is 15.0 Å². The largest absolute Gasteiger partial charge is 0.376 e. The maximum absolute atomic E-state index is 11.7. The molecule has 2 rings (SSSR count). The molecular formula is C11H18N2O3. The number of carbonyl (C=O) groups is 2. The van der Waals surface area contributed by atoms with E-state index in [1.54, 1.807) is 12.0 Å². The number of ether oxygens (including phenoxy) is 1. The van der Waals surface area contributed by atoms with Crippen LogP contribution in [0.5, 0.6) is 0 Å². The molecule has 2 amide bonds. The van der Waals surface area contributed by atoms with Crippen LogP contribution in [-0.4, -0.2) is 49.1 Å². The van der Waals surface area contributed by atoms with Gasteiger partial charge in [-0.1, -0.05) is 0 Å². The first kappa shape index (κ1) is 11.4. The van der Waals surface area contributed by atoms with E-state index in [1.165, 1.54) is 0 Å². The van der Waals surface area contributed by atoms with E-state index in [1.807, 2.05) is 0 Å². The maximum atomic E-state index is 11.7. The lowest BCUT2D eigenvalue weighted by molar-refractivity contribution is -0.139. The third kappa shape index (κ3) is 2.19. The summed E-state index contributed by atoms with van der Waals surface area (Å²) in [6.07, 6.45) is 3.57. The molecule has 0 spiro atoms. The van der Waals surface area contributed by atoms with E-state index in [9.17, 15) is 9.59 Å². The van der Waals surface area contributed by atoms with Crippen molar-refractivity contribution in [2.75, 3.05) is 26.7 Å². The van der Waals surface area contributed by atoms with Gasteiger partial charge in [0.1, 0.15) is 0 Å². The Labute approximate surface area is 95.1 Å². The van der Waals surface area contributed by atoms with Gasteiger partial charge in [0.25, 0.3) is 0 Å². The van der Waals surface area contributed by atoms with Crippen molar-refractivity contribution in [2.24, 2.45) is 0 Å². The van der Waals surface area contributed by atoms with Crippen LogP contribution in [0.1, 0.15) is 25.7 Å². The lowest BCUT2D eigenvalue weighted by Gasteiger charge is -2.43. The summed E-state index contributed by atoms with van der Waals surface area (Å²) in [4.78, 5) is 24.7. The van der Waals surface area contributed by atoms with Gasteiger partial charge in [-0.3, -0.25) is 9.59 Å². The van der Waals surface area contributed by atoms with Gasteiger partial charge in [-0.05, 0) is 19.3 Å². The predicted octanol–water partition coefficient (Wildman–Crippen LogP) is -0.0960. The van der Waals surface area contributed by atoms with Crippen LogP contribution >= 0.6 is 0 Å². The van der Waals surface area contributed by atoms with Crippen molar-refractivity contribution in [2.45, 2.75) is 31.3 Å². The molecule has 1 saturated carbocycles. The second kappa shape index (κ2) is 4.41. The molecule has 0 bridgehead atoms. The normalized spacial score (nSPS) is 24.7. The van der Waals surface area contributed by atoms with Crippen LogP contribution in [-0.2, 0) is 14.3 Å². The summed E-state index contributed by atoms with van der Waals surface area (Å²) in [5.74, 6) is -0.0508. The van der Waals surface area contributed by atoms with E-state index < -0.39 is 0 Å². The molecule has 2 aliphatic rings. The summed E-state index contributed by atoms with van der Waals surface area (Å²) in [5.41, 5.74) is -0.150. The molecule has 0 aromatic carbocycles. The monoisotopic (exact) mass is 226 g/mol. The highest BCUT2D eigenvalue weighted by atomic mass is 16.5. The van der Waals surface area contributed by atoms with Gasteiger partial charge in [-0.25, -0.2) is 0 Å². The standard InChI is InChI=1S/C11H18N2O3/c1-16-11(4-2-5-11)8-13-6-3-9(14)12-7-10(13)15/h2-8H2,1H3,(H,12,14). The lowest BCUT2D eigenvalue weighted by atomic mass is 9.79. The zero-order valence-corrected chi connectivity index (χ0v) is 9.62. The number of hydrogen-bond donors (Lipinski definition) is 1. The Morgan fingerprint density at radius 1 is 1.44 bits per heavy atom. The number of amides is 2. The molecule has 2 fully saturated rings. The van der Waals surface area contributed by atoms with Gasteiger partial charge in [-0.15, -0.1) is 0 Å². The number of methoxy groups -OCH3 is 1. The van der Waals surface area contributed by atoms with Crippen molar-refractivity contribution in [3.8, 4) is 0 Å². The molecule has 5 heteroatoms. The SMILES string of the molecule is COC1(CN2CCC(=O)NCC2=O)CCC1. The molecule has 0 aromatic rings. The van der Waals surface area contributed by atoms with E-state index in [0.29, 0.717) is 19.5 Å². The summed E-state index contributed by atoms with van der Waals surface area (Å²) in [6.45, 7) is 1.26. The quantitative estimate of drug-likeness (QED) is 0.731. The molecule has 1 heterocycles. The molecule has 1 N–H and O–H groups in total. The van der Waals surface area contributed by atoms with Crippen LogP contribution < -0.4 is 5.32 Å². The highest BCUT2D eigenvalue weighted by molar-refractivity contribution is 5.87. The Kier molecular flexibility index (Phi) is 3.14. The predicted molar refractivity (Wildman–Crippen MR) is 57.8 cm³/mol. The number of rotatable bonds is 3. The molecule has 5 nitrogen and oxygen atoms in total. The van der Waals surface area contributed by atoms with Crippen LogP contribution in [0.2, 0.25) is 0 Å². The van der Waals surface area contributed by atoms with Crippen molar-refractivity contribution in [1.82, 2.24) is 10.2 Å². The Hall–Kier alpha value is -1.10. The van der Waals surface area contributed by atoms with Crippen LogP contribution in [0.3, 0.4) is 0 Å². The van der Waals surface area contributed by atoms with E-state index >= 15 is 0 Å². The first-order valence-corrected chi connectivity index (χ1v) is 5.75.